The van der Waals surface area contributed by atoms with Crippen LogP contribution >= 0.6 is 11.6 Å². The van der Waals surface area contributed by atoms with Gasteiger partial charge < -0.3 is 5.32 Å². The Morgan fingerprint density at radius 2 is 1.96 bits per heavy atom. The number of nitrogens with one attached hydrogen (secondary N) is 1. The second-order valence-electron chi connectivity index (χ2n) is 5.46. The number of sulfonamides is 1. The summed E-state index contributed by atoms with van der Waals surface area (Å²) in [4.78, 5) is 16.3. The molecule has 0 spiro atoms. The summed E-state index contributed by atoms with van der Waals surface area (Å²) in [6, 6.07) is 8.86. The van der Waals surface area contributed by atoms with Gasteiger partial charge >= 0.3 is 0 Å². The Bertz CT molecular complexity index is 836. The lowest BCUT2D eigenvalue weighted by molar-refractivity contribution is 0.102. The number of rotatable bonds is 5. The summed E-state index contributed by atoms with van der Waals surface area (Å²) in [7, 11) is -2.15. The minimum Gasteiger partial charge on any atom is -0.307 e. The Morgan fingerprint density at radius 3 is 2.54 bits per heavy atom. The number of pyridine rings is 1. The molecule has 128 valence electrons. The highest BCUT2D eigenvalue weighted by atomic mass is 35.5. The van der Waals surface area contributed by atoms with Crippen LogP contribution in [-0.2, 0) is 10.0 Å². The quantitative estimate of drug-likeness (QED) is 0.880. The van der Waals surface area contributed by atoms with Crippen LogP contribution in [0.15, 0.2) is 47.5 Å². The van der Waals surface area contributed by atoms with E-state index in [1.165, 1.54) is 35.7 Å². The number of anilines is 1. The van der Waals surface area contributed by atoms with E-state index in [1.54, 1.807) is 32.0 Å². The van der Waals surface area contributed by atoms with Crippen LogP contribution in [0.5, 0.6) is 0 Å². The molecule has 1 amide bonds. The molecule has 24 heavy (non-hydrogen) atoms. The average molecular weight is 368 g/mol. The van der Waals surface area contributed by atoms with Gasteiger partial charge in [0.1, 0.15) is 5.82 Å². The normalized spacial score (nSPS) is 11.8. The molecule has 0 atom stereocenters. The molecule has 0 radical (unpaired) electrons. The van der Waals surface area contributed by atoms with Gasteiger partial charge in [0.05, 0.1) is 9.92 Å². The number of hydrogen-bond donors (Lipinski definition) is 1. The van der Waals surface area contributed by atoms with Gasteiger partial charge in [-0.05, 0) is 44.2 Å². The van der Waals surface area contributed by atoms with Crippen molar-refractivity contribution >= 4 is 33.3 Å². The van der Waals surface area contributed by atoms with Crippen LogP contribution in [0.25, 0.3) is 0 Å². The second kappa shape index (κ2) is 7.29. The van der Waals surface area contributed by atoms with Crippen molar-refractivity contribution in [3.05, 3.63) is 53.2 Å². The van der Waals surface area contributed by atoms with Crippen molar-refractivity contribution in [3.8, 4) is 0 Å². The maximum Gasteiger partial charge on any atom is 0.256 e. The number of aromatic nitrogens is 1. The molecule has 2 rings (SSSR count). The topological polar surface area (TPSA) is 79.4 Å². The summed E-state index contributed by atoms with van der Waals surface area (Å²) in [5.41, 5.74) is 0.227. The molecule has 0 bridgehead atoms. The van der Waals surface area contributed by atoms with Crippen molar-refractivity contribution in [1.29, 1.82) is 0 Å². The van der Waals surface area contributed by atoms with Crippen LogP contribution in [0.3, 0.4) is 0 Å². The Balaban J connectivity index is 2.27. The van der Waals surface area contributed by atoms with Crippen molar-refractivity contribution in [2.45, 2.75) is 24.8 Å². The highest BCUT2D eigenvalue weighted by molar-refractivity contribution is 7.89. The number of halogens is 1. The van der Waals surface area contributed by atoms with E-state index >= 15 is 0 Å². The van der Waals surface area contributed by atoms with Gasteiger partial charge in [-0.3, -0.25) is 4.79 Å². The van der Waals surface area contributed by atoms with E-state index in [1.807, 2.05) is 0 Å². The summed E-state index contributed by atoms with van der Waals surface area (Å²) in [5, 5.41) is 3.06. The third kappa shape index (κ3) is 4.11. The molecule has 0 unspecified atom stereocenters. The zero-order valence-corrected chi connectivity index (χ0v) is 15.1. The number of hydrogen-bond acceptors (Lipinski definition) is 4. The fourth-order valence-electron chi connectivity index (χ4n) is 1.88. The summed E-state index contributed by atoms with van der Waals surface area (Å²) in [5.74, 6) is -0.119. The lowest BCUT2D eigenvalue weighted by atomic mass is 10.2. The average Bonchev–Trinajstić information content (AvgIpc) is 2.56. The van der Waals surface area contributed by atoms with Crippen molar-refractivity contribution in [3.63, 3.8) is 0 Å². The summed E-state index contributed by atoms with van der Waals surface area (Å²) >= 11 is 5.74. The number of nitrogens with zero attached hydrogens (tertiary/aromatic N) is 2. The van der Waals surface area contributed by atoms with Crippen LogP contribution in [0.4, 0.5) is 5.82 Å². The summed E-state index contributed by atoms with van der Waals surface area (Å²) < 4.78 is 26.3. The molecule has 1 aromatic heterocycles. The first-order valence-corrected chi connectivity index (χ1v) is 9.04. The minimum atomic E-state index is -3.65. The van der Waals surface area contributed by atoms with Crippen LogP contribution in [-0.4, -0.2) is 36.7 Å². The smallest absolute Gasteiger partial charge is 0.256 e. The van der Waals surface area contributed by atoms with Crippen LogP contribution < -0.4 is 5.32 Å². The first kappa shape index (κ1) is 18.4. The molecule has 6 nitrogen and oxygen atoms in total. The highest BCUT2D eigenvalue weighted by Crippen LogP contribution is 2.18. The third-order valence-electron chi connectivity index (χ3n) is 3.47. The first-order chi connectivity index (χ1) is 11.2. The third-order valence-corrected chi connectivity index (χ3v) is 5.72. The van der Waals surface area contributed by atoms with Gasteiger partial charge in [-0.1, -0.05) is 17.7 Å². The molecule has 2 aromatic rings. The number of carbonyl (C=O) groups is 1. The molecule has 0 aliphatic rings. The lowest BCUT2D eigenvalue weighted by Gasteiger charge is -2.21. The largest absolute Gasteiger partial charge is 0.307 e. The first-order valence-electron chi connectivity index (χ1n) is 7.23. The Kier molecular flexibility index (Phi) is 5.58. The van der Waals surface area contributed by atoms with E-state index in [4.69, 9.17) is 11.6 Å². The molecule has 8 heteroatoms. The predicted octanol–water partition coefficient (Wildman–Crippen LogP) is 3.02. The lowest BCUT2D eigenvalue weighted by Crippen LogP contribution is -2.33. The molecule has 0 saturated heterocycles. The fourth-order valence-corrected chi connectivity index (χ4v) is 3.41. The van der Waals surface area contributed by atoms with Crippen LogP contribution in [0.1, 0.15) is 24.2 Å². The van der Waals surface area contributed by atoms with Gasteiger partial charge in [0.15, 0.2) is 0 Å². The zero-order valence-electron chi connectivity index (χ0n) is 13.5. The summed E-state index contributed by atoms with van der Waals surface area (Å²) in [6.45, 7) is 3.56. The van der Waals surface area contributed by atoms with Gasteiger partial charge in [-0.2, -0.15) is 4.31 Å². The maximum atomic E-state index is 12.5. The van der Waals surface area contributed by atoms with E-state index in [0.29, 0.717) is 10.8 Å². The molecule has 1 heterocycles. The number of benzene rings is 1. The van der Waals surface area contributed by atoms with Crippen molar-refractivity contribution < 1.29 is 13.2 Å². The Morgan fingerprint density at radius 1 is 1.25 bits per heavy atom. The number of carbonyl (C=O) groups excluding carboxylic acids is 1. The Hall–Kier alpha value is -1.96. The summed E-state index contributed by atoms with van der Waals surface area (Å²) in [6.07, 6.45) is 1.41. The number of amides is 1. The van der Waals surface area contributed by atoms with Gasteiger partial charge in [-0.15, -0.1) is 0 Å². The van der Waals surface area contributed by atoms with Gasteiger partial charge in [-0.25, -0.2) is 13.4 Å². The van der Waals surface area contributed by atoms with Gasteiger partial charge in [0.25, 0.3) is 5.91 Å². The highest BCUT2D eigenvalue weighted by Gasteiger charge is 2.23. The second-order valence-corrected chi connectivity index (χ2v) is 7.89. The van der Waals surface area contributed by atoms with E-state index in [9.17, 15) is 13.2 Å². The zero-order chi connectivity index (χ0) is 17.9. The Labute approximate surface area is 146 Å². The van der Waals surface area contributed by atoms with E-state index < -0.39 is 15.9 Å². The monoisotopic (exact) mass is 367 g/mol. The van der Waals surface area contributed by atoms with Crippen molar-refractivity contribution in [1.82, 2.24) is 9.29 Å². The minimum absolute atomic E-state index is 0.0652. The molecule has 0 aliphatic heterocycles. The van der Waals surface area contributed by atoms with E-state index in [2.05, 4.69) is 10.3 Å². The molecule has 0 aliphatic carbocycles. The van der Waals surface area contributed by atoms with Gasteiger partial charge in [0.2, 0.25) is 10.0 Å². The molecule has 1 N–H and O–H groups in total. The SMILES string of the molecule is CC(C)N(C)S(=O)(=O)c1cccc(C(=O)Nc2ccc(Cl)cn2)c1. The molecular formula is C16H18ClN3O3S. The standard InChI is InChI=1S/C16H18ClN3O3S/c1-11(2)20(3)24(22,23)14-6-4-5-12(9-14)16(21)19-15-8-7-13(17)10-18-15/h4-11H,1-3H3,(H,18,19,21). The molecular weight excluding hydrogens is 350 g/mol. The molecule has 0 fully saturated rings. The van der Waals surface area contributed by atoms with Gasteiger partial charge in [0, 0.05) is 24.8 Å². The van der Waals surface area contributed by atoms with E-state index in [0.717, 1.165) is 0 Å². The predicted molar refractivity (Wildman–Crippen MR) is 93.7 cm³/mol. The van der Waals surface area contributed by atoms with Crippen molar-refractivity contribution in [2.24, 2.45) is 0 Å². The van der Waals surface area contributed by atoms with Crippen LogP contribution in [0.2, 0.25) is 5.02 Å². The molecule has 0 saturated carbocycles. The maximum absolute atomic E-state index is 12.5. The van der Waals surface area contributed by atoms with Crippen molar-refractivity contribution in [2.75, 3.05) is 12.4 Å². The van der Waals surface area contributed by atoms with Crippen LogP contribution in [0, 0.1) is 0 Å². The van der Waals surface area contributed by atoms with E-state index in [-0.39, 0.29) is 16.5 Å². The fraction of sp³-hybridized carbons (Fsp3) is 0.250. The molecule has 1 aromatic carbocycles.